The van der Waals surface area contributed by atoms with Gasteiger partial charge in [0.2, 0.25) is 0 Å². The third kappa shape index (κ3) is 4.03. The van der Waals surface area contributed by atoms with Gasteiger partial charge < -0.3 is 10.1 Å². The number of para-hydroxylation sites is 3. The van der Waals surface area contributed by atoms with Crippen LogP contribution in [0.2, 0.25) is 0 Å². The van der Waals surface area contributed by atoms with Gasteiger partial charge in [-0.3, -0.25) is 9.78 Å². The van der Waals surface area contributed by atoms with E-state index in [1.54, 1.807) is 12.3 Å². The Kier molecular flexibility index (Phi) is 5.11. The zero-order valence-electron chi connectivity index (χ0n) is 15.7. The molecule has 7 heteroatoms. The molecule has 0 spiro atoms. The van der Waals surface area contributed by atoms with Gasteiger partial charge in [0.1, 0.15) is 11.7 Å². The first-order valence-corrected chi connectivity index (χ1v) is 9.09. The van der Waals surface area contributed by atoms with Gasteiger partial charge in [0, 0.05) is 18.0 Å². The van der Waals surface area contributed by atoms with E-state index in [-0.39, 0.29) is 12.1 Å². The Bertz CT molecular complexity index is 1210. The van der Waals surface area contributed by atoms with Crippen molar-refractivity contribution in [2.24, 2.45) is 0 Å². The van der Waals surface area contributed by atoms with Crippen LogP contribution < -0.4 is 5.32 Å². The van der Waals surface area contributed by atoms with E-state index in [1.165, 1.54) is 7.11 Å². The van der Waals surface area contributed by atoms with Crippen LogP contribution in [0.5, 0.6) is 0 Å². The van der Waals surface area contributed by atoms with Gasteiger partial charge in [0.25, 0.3) is 5.91 Å². The molecule has 0 saturated carbocycles. The largest absolute Gasteiger partial charge is 0.467 e. The summed E-state index contributed by atoms with van der Waals surface area (Å²) in [5.41, 5.74) is 2.98. The predicted octanol–water partition coefficient (Wildman–Crippen LogP) is 2.69. The number of benzene rings is 2. The second kappa shape index (κ2) is 8.02. The van der Waals surface area contributed by atoms with E-state index in [9.17, 15) is 9.59 Å². The molecular weight excluding hydrogens is 368 g/mol. The molecule has 2 aromatic heterocycles. The summed E-state index contributed by atoms with van der Waals surface area (Å²) in [5.74, 6) is -1.02. The fourth-order valence-corrected chi connectivity index (χ4v) is 3.06. The van der Waals surface area contributed by atoms with Crippen LogP contribution in [0.15, 0.2) is 66.9 Å². The van der Waals surface area contributed by atoms with Crippen molar-refractivity contribution in [1.82, 2.24) is 20.3 Å². The van der Waals surface area contributed by atoms with Crippen LogP contribution >= 0.6 is 0 Å². The highest BCUT2D eigenvalue weighted by atomic mass is 16.5. The van der Waals surface area contributed by atoms with E-state index in [2.05, 4.69) is 20.3 Å². The van der Waals surface area contributed by atoms with E-state index in [4.69, 9.17) is 4.74 Å². The molecule has 1 N–H and O–H groups in total. The number of aromatic nitrogens is 3. The third-order valence-electron chi connectivity index (χ3n) is 4.53. The van der Waals surface area contributed by atoms with Crippen molar-refractivity contribution in [3.05, 3.63) is 78.2 Å². The minimum absolute atomic E-state index is 0.157. The first-order valence-electron chi connectivity index (χ1n) is 9.09. The lowest BCUT2D eigenvalue weighted by molar-refractivity contribution is -0.142. The zero-order chi connectivity index (χ0) is 20.2. The minimum atomic E-state index is -0.906. The summed E-state index contributed by atoms with van der Waals surface area (Å²) in [4.78, 5) is 38.2. The molecule has 144 valence electrons. The Labute approximate surface area is 166 Å². The van der Waals surface area contributed by atoms with Gasteiger partial charge in [-0.1, -0.05) is 36.4 Å². The van der Waals surface area contributed by atoms with E-state index in [0.29, 0.717) is 11.2 Å². The minimum Gasteiger partial charge on any atom is -0.467 e. The second-order valence-corrected chi connectivity index (χ2v) is 6.49. The van der Waals surface area contributed by atoms with Gasteiger partial charge >= 0.3 is 5.97 Å². The number of carbonyl (C=O) groups is 2. The number of nitrogens with one attached hydrogen (secondary N) is 1. The number of fused-ring (bicyclic) bond motifs is 2. The lowest BCUT2D eigenvalue weighted by Gasteiger charge is -2.16. The first-order chi connectivity index (χ1) is 14.1. The van der Waals surface area contributed by atoms with E-state index < -0.39 is 17.9 Å². The molecule has 0 aliphatic heterocycles. The summed E-state index contributed by atoms with van der Waals surface area (Å²) in [5, 5.41) is 3.63. The SMILES string of the molecule is COC(=O)[C@H](Cc1cnc2ccccc2n1)NC(=O)c1ccc2ccccc2n1. The van der Waals surface area contributed by atoms with Crippen LogP contribution in [0.4, 0.5) is 0 Å². The van der Waals surface area contributed by atoms with Gasteiger partial charge in [-0.25, -0.2) is 14.8 Å². The molecule has 2 heterocycles. The molecule has 1 amide bonds. The molecule has 1 atom stereocenters. The number of ether oxygens (including phenoxy) is 1. The number of hydrogen-bond acceptors (Lipinski definition) is 6. The Morgan fingerprint density at radius 1 is 0.931 bits per heavy atom. The third-order valence-corrected chi connectivity index (χ3v) is 4.53. The van der Waals surface area contributed by atoms with Crippen LogP contribution in [0.3, 0.4) is 0 Å². The fraction of sp³-hybridized carbons (Fsp3) is 0.136. The number of pyridine rings is 1. The zero-order valence-corrected chi connectivity index (χ0v) is 15.7. The van der Waals surface area contributed by atoms with Crippen LogP contribution in [-0.4, -0.2) is 40.0 Å². The number of rotatable bonds is 5. The molecule has 2 aromatic carbocycles. The number of nitrogens with zero attached hydrogens (tertiary/aromatic N) is 3. The van der Waals surface area contributed by atoms with Crippen molar-refractivity contribution in [1.29, 1.82) is 0 Å². The van der Waals surface area contributed by atoms with E-state index >= 15 is 0 Å². The van der Waals surface area contributed by atoms with Crippen molar-refractivity contribution in [3.8, 4) is 0 Å². The van der Waals surface area contributed by atoms with E-state index in [0.717, 1.165) is 16.4 Å². The normalized spacial score (nSPS) is 11.9. The number of methoxy groups -OCH3 is 1. The van der Waals surface area contributed by atoms with Gasteiger partial charge in [0.05, 0.1) is 29.4 Å². The van der Waals surface area contributed by atoms with Crippen molar-refractivity contribution in [3.63, 3.8) is 0 Å². The van der Waals surface area contributed by atoms with Crippen LogP contribution in [0.1, 0.15) is 16.2 Å². The Morgan fingerprint density at radius 3 is 2.45 bits per heavy atom. The Hall–Kier alpha value is -3.87. The van der Waals surface area contributed by atoms with Crippen LogP contribution in [0, 0.1) is 0 Å². The lowest BCUT2D eigenvalue weighted by Crippen LogP contribution is -2.43. The first kappa shape index (κ1) is 18.5. The molecule has 29 heavy (non-hydrogen) atoms. The van der Waals surface area contributed by atoms with Crippen LogP contribution in [-0.2, 0) is 16.0 Å². The quantitative estimate of drug-likeness (QED) is 0.530. The van der Waals surface area contributed by atoms with Gasteiger partial charge in [-0.05, 0) is 24.3 Å². The topological polar surface area (TPSA) is 94.1 Å². The monoisotopic (exact) mass is 386 g/mol. The highest BCUT2D eigenvalue weighted by molar-refractivity contribution is 5.97. The maximum absolute atomic E-state index is 12.7. The van der Waals surface area contributed by atoms with Crippen molar-refractivity contribution in [2.45, 2.75) is 12.5 Å². The summed E-state index contributed by atoms with van der Waals surface area (Å²) in [6.07, 6.45) is 1.75. The number of hydrogen-bond donors (Lipinski definition) is 1. The molecule has 0 aliphatic carbocycles. The van der Waals surface area contributed by atoms with Crippen molar-refractivity contribution in [2.75, 3.05) is 7.11 Å². The molecule has 0 aliphatic rings. The molecule has 0 radical (unpaired) electrons. The molecule has 4 rings (SSSR count). The summed E-state index contributed by atoms with van der Waals surface area (Å²) in [6.45, 7) is 0. The number of carbonyl (C=O) groups excluding carboxylic acids is 2. The number of amides is 1. The fourth-order valence-electron chi connectivity index (χ4n) is 3.06. The average molecular weight is 386 g/mol. The summed E-state index contributed by atoms with van der Waals surface area (Å²) < 4.78 is 4.86. The highest BCUT2D eigenvalue weighted by Gasteiger charge is 2.24. The Balaban J connectivity index is 1.57. The molecular formula is C22H18N4O3. The molecule has 0 bridgehead atoms. The highest BCUT2D eigenvalue weighted by Crippen LogP contribution is 2.13. The molecule has 7 nitrogen and oxygen atoms in total. The summed E-state index contributed by atoms with van der Waals surface area (Å²) in [6, 6.07) is 17.5. The summed E-state index contributed by atoms with van der Waals surface area (Å²) >= 11 is 0. The van der Waals surface area contributed by atoms with Gasteiger partial charge in [-0.2, -0.15) is 0 Å². The number of esters is 1. The second-order valence-electron chi connectivity index (χ2n) is 6.49. The van der Waals surface area contributed by atoms with Gasteiger partial charge in [-0.15, -0.1) is 0 Å². The Morgan fingerprint density at radius 2 is 1.66 bits per heavy atom. The lowest BCUT2D eigenvalue weighted by atomic mass is 10.1. The predicted molar refractivity (Wildman–Crippen MR) is 108 cm³/mol. The van der Waals surface area contributed by atoms with Gasteiger partial charge in [0.15, 0.2) is 0 Å². The molecule has 0 saturated heterocycles. The van der Waals surface area contributed by atoms with Crippen molar-refractivity contribution >= 4 is 33.8 Å². The standard InChI is InChI=1S/C22H18N4O3/c1-29-22(28)20(12-15-13-23-17-8-4-5-9-18(17)24-15)26-21(27)19-11-10-14-6-2-3-7-16(14)25-19/h2-11,13,20H,12H2,1H3,(H,26,27)/t20-/m0/s1. The molecule has 0 fully saturated rings. The van der Waals surface area contributed by atoms with Crippen molar-refractivity contribution < 1.29 is 14.3 Å². The molecule has 0 unspecified atom stereocenters. The summed E-state index contributed by atoms with van der Waals surface area (Å²) in [7, 11) is 1.28. The molecule has 4 aromatic rings. The van der Waals surface area contributed by atoms with Crippen LogP contribution in [0.25, 0.3) is 21.9 Å². The maximum Gasteiger partial charge on any atom is 0.328 e. The maximum atomic E-state index is 12.7. The van der Waals surface area contributed by atoms with E-state index in [1.807, 2.05) is 54.6 Å². The average Bonchev–Trinajstić information content (AvgIpc) is 2.77. The smallest absolute Gasteiger partial charge is 0.328 e.